The van der Waals surface area contributed by atoms with E-state index < -0.39 is 0 Å². The quantitative estimate of drug-likeness (QED) is 0.855. The Morgan fingerprint density at radius 1 is 1.17 bits per heavy atom. The Morgan fingerprint density at radius 2 is 1.89 bits per heavy atom. The SMILES string of the molecule is CC(CNc1ccc(F)cc1Br)c1ccccc1. The van der Waals surface area contributed by atoms with Crippen LogP contribution in [-0.4, -0.2) is 6.54 Å². The highest BCUT2D eigenvalue weighted by Gasteiger charge is 2.06. The van der Waals surface area contributed by atoms with Crippen molar-refractivity contribution in [2.24, 2.45) is 0 Å². The molecule has 2 aromatic carbocycles. The fourth-order valence-electron chi connectivity index (χ4n) is 1.80. The minimum Gasteiger partial charge on any atom is -0.384 e. The summed E-state index contributed by atoms with van der Waals surface area (Å²) >= 11 is 3.35. The van der Waals surface area contributed by atoms with Gasteiger partial charge < -0.3 is 5.32 Å². The topological polar surface area (TPSA) is 12.0 Å². The van der Waals surface area contributed by atoms with Gasteiger partial charge in [0.15, 0.2) is 0 Å². The van der Waals surface area contributed by atoms with E-state index in [0.29, 0.717) is 5.92 Å². The predicted octanol–water partition coefficient (Wildman–Crippen LogP) is 4.80. The zero-order valence-electron chi connectivity index (χ0n) is 10.2. The Bertz CT molecular complexity index is 513. The van der Waals surface area contributed by atoms with Gasteiger partial charge in [-0.05, 0) is 45.6 Å². The van der Waals surface area contributed by atoms with E-state index >= 15 is 0 Å². The third-order valence-corrected chi connectivity index (χ3v) is 3.55. The van der Waals surface area contributed by atoms with Crippen molar-refractivity contribution in [2.45, 2.75) is 12.8 Å². The molecule has 0 aromatic heterocycles. The normalized spacial score (nSPS) is 12.2. The largest absolute Gasteiger partial charge is 0.384 e. The summed E-state index contributed by atoms with van der Waals surface area (Å²) in [5, 5.41) is 3.32. The highest BCUT2D eigenvalue weighted by molar-refractivity contribution is 9.10. The van der Waals surface area contributed by atoms with Crippen molar-refractivity contribution in [1.29, 1.82) is 0 Å². The first-order chi connectivity index (χ1) is 8.66. The van der Waals surface area contributed by atoms with E-state index in [1.165, 1.54) is 17.7 Å². The van der Waals surface area contributed by atoms with Crippen molar-refractivity contribution in [3.05, 3.63) is 64.4 Å². The Labute approximate surface area is 115 Å². The van der Waals surface area contributed by atoms with Gasteiger partial charge in [-0.2, -0.15) is 0 Å². The molecule has 1 N–H and O–H groups in total. The molecular weight excluding hydrogens is 293 g/mol. The van der Waals surface area contributed by atoms with Gasteiger partial charge in [0, 0.05) is 16.7 Å². The molecule has 0 saturated heterocycles. The summed E-state index contributed by atoms with van der Waals surface area (Å²) in [5.74, 6) is 0.173. The molecule has 0 spiro atoms. The molecular formula is C15H15BrFN. The second-order valence-corrected chi connectivity index (χ2v) is 5.17. The van der Waals surface area contributed by atoms with Crippen LogP contribution in [0.5, 0.6) is 0 Å². The van der Waals surface area contributed by atoms with Crippen LogP contribution >= 0.6 is 15.9 Å². The van der Waals surface area contributed by atoms with Gasteiger partial charge in [0.25, 0.3) is 0 Å². The van der Waals surface area contributed by atoms with E-state index in [4.69, 9.17) is 0 Å². The number of anilines is 1. The van der Waals surface area contributed by atoms with Gasteiger partial charge >= 0.3 is 0 Å². The van der Waals surface area contributed by atoms with Crippen LogP contribution in [0, 0.1) is 5.82 Å². The lowest BCUT2D eigenvalue weighted by atomic mass is 10.0. The molecule has 2 rings (SSSR count). The fraction of sp³-hybridized carbons (Fsp3) is 0.200. The summed E-state index contributed by atoms with van der Waals surface area (Å²) < 4.78 is 13.7. The van der Waals surface area contributed by atoms with Crippen LogP contribution in [0.3, 0.4) is 0 Å². The van der Waals surface area contributed by atoms with E-state index in [1.54, 1.807) is 6.07 Å². The Balaban J connectivity index is 1.99. The van der Waals surface area contributed by atoms with Crippen molar-refractivity contribution in [2.75, 3.05) is 11.9 Å². The van der Waals surface area contributed by atoms with Crippen LogP contribution in [-0.2, 0) is 0 Å². The van der Waals surface area contributed by atoms with Gasteiger partial charge in [-0.3, -0.25) is 0 Å². The maximum Gasteiger partial charge on any atom is 0.124 e. The Hall–Kier alpha value is -1.35. The molecule has 0 bridgehead atoms. The molecule has 0 aliphatic rings. The molecule has 94 valence electrons. The first-order valence-corrected chi connectivity index (χ1v) is 6.70. The molecule has 0 amide bonds. The lowest BCUT2D eigenvalue weighted by Crippen LogP contribution is -2.10. The molecule has 0 aliphatic carbocycles. The molecule has 0 saturated carbocycles. The Morgan fingerprint density at radius 3 is 2.56 bits per heavy atom. The van der Waals surface area contributed by atoms with Gasteiger partial charge in [0.05, 0.1) is 0 Å². The molecule has 1 atom stereocenters. The van der Waals surface area contributed by atoms with Gasteiger partial charge in [-0.25, -0.2) is 4.39 Å². The first kappa shape index (κ1) is 13.1. The molecule has 3 heteroatoms. The molecule has 1 unspecified atom stereocenters. The Kier molecular flexibility index (Phi) is 4.37. The highest BCUT2D eigenvalue weighted by Crippen LogP contribution is 2.24. The number of nitrogens with one attached hydrogen (secondary N) is 1. The minimum atomic E-state index is -0.233. The summed E-state index contributed by atoms with van der Waals surface area (Å²) in [6.45, 7) is 2.98. The molecule has 18 heavy (non-hydrogen) atoms. The van der Waals surface area contributed by atoms with Crippen LogP contribution in [0.2, 0.25) is 0 Å². The fourth-order valence-corrected chi connectivity index (χ4v) is 2.29. The maximum atomic E-state index is 13.0. The lowest BCUT2D eigenvalue weighted by Gasteiger charge is -2.15. The molecule has 0 heterocycles. The van der Waals surface area contributed by atoms with E-state index in [-0.39, 0.29) is 5.82 Å². The number of rotatable bonds is 4. The maximum absolute atomic E-state index is 13.0. The third-order valence-electron chi connectivity index (χ3n) is 2.90. The van der Waals surface area contributed by atoms with Gasteiger partial charge in [0.1, 0.15) is 5.82 Å². The van der Waals surface area contributed by atoms with E-state index in [0.717, 1.165) is 16.7 Å². The molecule has 0 fully saturated rings. The number of hydrogen-bond acceptors (Lipinski definition) is 1. The van der Waals surface area contributed by atoms with Crippen LogP contribution in [0.25, 0.3) is 0 Å². The monoisotopic (exact) mass is 307 g/mol. The second kappa shape index (κ2) is 6.01. The van der Waals surface area contributed by atoms with Gasteiger partial charge in [-0.1, -0.05) is 37.3 Å². The average Bonchev–Trinajstić information content (AvgIpc) is 2.38. The van der Waals surface area contributed by atoms with Crippen molar-refractivity contribution in [1.82, 2.24) is 0 Å². The first-order valence-electron chi connectivity index (χ1n) is 5.90. The van der Waals surface area contributed by atoms with Gasteiger partial charge in [-0.15, -0.1) is 0 Å². The second-order valence-electron chi connectivity index (χ2n) is 4.32. The van der Waals surface area contributed by atoms with Crippen LogP contribution in [0.15, 0.2) is 53.0 Å². The van der Waals surface area contributed by atoms with Crippen molar-refractivity contribution >= 4 is 21.6 Å². The van der Waals surface area contributed by atoms with E-state index in [9.17, 15) is 4.39 Å². The summed E-state index contributed by atoms with van der Waals surface area (Å²) in [6, 6.07) is 15.0. The summed E-state index contributed by atoms with van der Waals surface area (Å²) in [4.78, 5) is 0. The van der Waals surface area contributed by atoms with Crippen molar-refractivity contribution < 1.29 is 4.39 Å². The third kappa shape index (κ3) is 3.33. The van der Waals surface area contributed by atoms with E-state index in [1.807, 2.05) is 18.2 Å². The zero-order valence-corrected chi connectivity index (χ0v) is 11.7. The zero-order chi connectivity index (χ0) is 13.0. The lowest BCUT2D eigenvalue weighted by molar-refractivity contribution is 0.627. The summed E-state index contributed by atoms with van der Waals surface area (Å²) in [5.41, 5.74) is 2.21. The summed E-state index contributed by atoms with van der Waals surface area (Å²) in [7, 11) is 0. The average molecular weight is 308 g/mol. The number of hydrogen-bond donors (Lipinski definition) is 1. The van der Waals surface area contributed by atoms with E-state index in [2.05, 4.69) is 40.3 Å². The number of halogens is 2. The molecule has 0 radical (unpaired) electrons. The highest BCUT2D eigenvalue weighted by atomic mass is 79.9. The molecule has 0 aliphatic heterocycles. The predicted molar refractivity (Wildman–Crippen MR) is 77.4 cm³/mol. The van der Waals surface area contributed by atoms with Crippen LogP contribution < -0.4 is 5.32 Å². The molecule has 2 aromatic rings. The standard InChI is InChI=1S/C15H15BrFN/c1-11(12-5-3-2-4-6-12)10-18-15-8-7-13(17)9-14(15)16/h2-9,11,18H,10H2,1H3. The molecule has 1 nitrogen and oxygen atoms in total. The number of benzene rings is 2. The van der Waals surface area contributed by atoms with Crippen LogP contribution in [0.1, 0.15) is 18.4 Å². The van der Waals surface area contributed by atoms with Crippen LogP contribution in [0.4, 0.5) is 10.1 Å². The smallest absolute Gasteiger partial charge is 0.124 e. The minimum absolute atomic E-state index is 0.233. The van der Waals surface area contributed by atoms with Gasteiger partial charge in [0.2, 0.25) is 0 Å². The van der Waals surface area contributed by atoms with Crippen molar-refractivity contribution in [3.8, 4) is 0 Å². The summed E-state index contributed by atoms with van der Waals surface area (Å²) in [6.07, 6.45) is 0. The van der Waals surface area contributed by atoms with Crippen molar-refractivity contribution in [3.63, 3.8) is 0 Å².